The molecule has 0 amide bonds. The molecule has 3 rings (SSSR count). The topological polar surface area (TPSA) is 74.7 Å². The molecule has 1 aromatic heterocycles. The van der Waals surface area contributed by atoms with Crippen LogP contribution in [0.4, 0.5) is 0 Å². The molecule has 0 unspecified atom stereocenters. The lowest BCUT2D eigenvalue weighted by molar-refractivity contribution is -0.149. The highest BCUT2D eigenvalue weighted by Gasteiger charge is 2.37. The van der Waals surface area contributed by atoms with Crippen molar-refractivity contribution in [2.75, 3.05) is 7.11 Å². The summed E-state index contributed by atoms with van der Waals surface area (Å²) in [6, 6.07) is 11.2. The van der Waals surface area contributed by atoms with E-state index in [0.29, 0.717) is 6.42 Å². The number of carbonyl (C=O) groups is 2. The molecule has 1 aromatic carbocycles. The maximum atomic E-state index is 13.3. The minimum absolute atomic E-state index is 0.0707. The van der Waals surface area contributed by atoms with Crippen LogP contribution in [0.3, 0.4) is 0 Å². The van der Waals surface area contributed by atoms with Gasteiger partial charge in [-0.05, 0) is 37.8 Å². The summed E-state index contributed by atoms with van der Waals surface area (Å²) < 4.78 is 17.7. The van der Waals surface area contributed by atoms with E-state index in [4.69, 9.17) is 14.2 Å². The summed E-state index contributed by atoms with van der Waals surface area (Å²) in [6.45, 7) is 8.22. The zero-order valence-electron chi connectivity index (χ0n) is 21.3. The number of para-hydroxylation sites is 1. The van der Waals surface area contributed by atoms with Crippen molar-refractivity contribution in [2.45, 2.75) is 65.3 Å². The molecule has 0 saturated heterocycles. The molecule has 0 spiro atoms. The van der Waals surface area contributed by atoms with Gasteiger partial charge in [0.25, 0.3) is 0 Å². The van der Waals surface area contributed by atoms with Crippen LogP contribution in [0.2, 0.25) is 0 Å². The van der Waals surface area contributed by atoms with Crippen LogP contribution >= 0.6 is 0 Å². The molecule has 0 aliphatic carbocycles. The van der Waals surface area contributed by atoms with Crippen LogP contribution in [0, 0.1) is 17.8 Å². The number of nitrogens with zero attached hydrogens (tertiary/aromatic N) is 1. The minimum atomic E-state index is -0.521. The standard InChI is InChI=1S/C29H37NO5/c1-6-8-11-19(3)28(33-5)20(4)25(18-26-21(7-2)15-17-27(31)34-26)35-29(32)24-16-14-22-12-9-10-13-23(22)30-24/h6,8-10,12-17,19-21,25-26,28H,7,11,18H2,1-5H3/b8-6+/t19-,20-,21+,25+,26+,28+/m0/s1. The quantitative estimate of drug-likeness (QED) is 0.295. The van der Waals surface area contributed by atoms with Gasteiger partial charge < -0.3 is 14.2 Å². The Bertz CT molecular complexity index is 1060. The second-order valence-corrected chi connectivity index (χ2v) is 9.32. The zero-order chi connectivity index (χ0) is 25.4. The van der Waals surface area contributed by atoms with Crippen molar-refractivity contribution in [3.8, 4) is 0 Å². The number of pyridine rings is 1. The normalized spacial score (nSPS) is 21.5. The van der Waals surface area contributed by atoms with Gasteiger partial charge in [0, 0.05) is 36.8 Å². The van der Waals surface area contributed by atoms with E-state index < -0.39 is 12.1 Å². The predicted molar refractivity (Wildman–Crippen MR) is 137 cm³/mol. The molecule has 6 heteroatoms. The van der Waals surface area contributed by atoms with Crippen molar-refractivity contribution in [2.24, 2.45) is 17.8 Å². The minimum Gasteiger partial charge on any atom is -0.458 e. The Labute approximate surface area is 208 Å². The van der Waals surface area contributed by atoms with Gasteiger partial charge in [0.15, 0.2) is 0 Å². The van der Waals surface area contributed by atoms with Gasteiger partial charge >= 0.3 is 11.9 Å². The van der Waals surface area contributed by atoms with E-state index in [1.54, 1.807) is 13.2 Å². The number of methoxy groups -OCH3 is 1. The average molecular weight is 480 g/mol. The summed E-state index contributed by atoms with van der Waals surface area (Å²) in [5.41, 5.74) is 0.989. The molecule has 0 fully saturated rings. The second-order valence-electron chi connectivity index (χ2n) is 9.32. The number of carbonyl (C=O) groups excluding carboxylic acids is 2. The molecular formula is C29H37NO5. The lowest BCUT2D eigenvalue weighted by atomic mass is 9.83. The molecule has 0 bridgehead atoms. The van der Waals surface area contributed by atoms with Gasteiger partial charge in [-0.15, -0.1) is 0 Å². The van der Waals surface area contributed by atoms with Crippen LogP contribution < -0.4 is 0 Å². The van der Waals surface area contributed by atoms with Gasteiger partial charge in [-0.2, -0.15) is 0 Å². The maximum Gasteiger partial charge on any atom is 0.357 e. The number of allylic oxidation sites excluding steroid dienone is 2. The molecule has 2 heterocycles. The van der Waals surface area contributed by atoms with Gasteiger partial charge in [0.05, 0.1) is 11.6 Å². The molecule has 0 radical (unpaired) electrons. The summed E-state index contributed by atoms with van der Waals surface area (Å²) in [4.78, 5) is 29.8. The van der Waals surface area contributed by atoms with Crippen LogP contribution in [-0.4, -0.2) is 42.3 Å². The predicted octanol–water partition coefficient (Wildman–Crippen LogP) is 5.91. The first kappa shape index (κ1) is 26.6. The van der Waals surface area contributed by atoms with Crippen molar-refractivity contribution >= 4 is 22.8 Å². The van der Waals surface area contributed by atoms with Crippen molar-refractivity contribution in [1.82, 2.24) is 4.98 Å². The number of esters is 2. The van der Waals surface area contributed by atoms with E-state index in [1.807, 2.05) is 56.3 Å². The zero-order valence-corrected chi connectivity index (χ0v) is 21.3. The lowest BCUT2D eigenvalue weighted by Gasteiger charge is -2.36. The van der Waals surface area contributed by atoms with Crippen molar-refractivity contribution in [1.29, 1.82) is 0 Å². The van der Waals surface area contributed by atoms with Gasteiger partial charge in [-0.25, -0.2) is 14.6 Å². The maximum absolute atomic E-state index is 13.3. The molecule has 35 heavy (non-hydrogen) atoms. The fourth-order valence-electron chi connectivity index (χ4n) is 4.86. The van der Waals surface area contributed by atoms with E-state index >= 15 is 0 Å². The molecule has 1 aliphatic heterocycles. The fourth-order valence-corrected chi connectivity index (χ4v) is 4.86. The number of fused-ring (bicyclic) bond motifs is 1. The smallest absolute Gasteiger partial charge is 0.357 e. The Hall–Kier alpha value is -2.99. The largest absolute Gasteiger partial charge is 0.458 e. The number of aromatic nitrogens is 1. The first-order chi connectivity index (χ1) is 16.9. The van der Waals surface area contributed by atoms with Crippen LogP contribution in [0.1, 0.15) is 57.4 Å². The highest BCUT2D eigenvalue weighted by atomic mass is 16.6. The third-order valence-corrected chi connectivity index (χ3v) is 6.91. The van der Waals surface area contributed by atoms with Crippen LogP contribution in [0.25, 0.3) is 10.9 Å². The summed E-state index contributed by atoms with van der Waals surface area (Å²) in [7, 11) is 1.69. The Morgan fingerprint density at radius 1 is 1.20 bits per heavy atom. The Kier molecular flexibility index (Phi) is 9.61. The highest BCUT2D eigenvalue weighted by Crippen LogP contribution is 2.31. The van der Waals surface area contributed by atoms with Gasteiger partial charge in [-0.1, -0.05) is 63.3 Å². The Balaban J connectivity index is 1.87. The van der Waals surface area contributed by atoms with Crippen LogP contribution in [0.15, 0.2) is 60.7 Å². The van der Waals surface area contributed by atoms with E-state index in [1.165, 1.54) is 6.08 Å². The SMILES string of the molecule is C/C=C/C[C@H](C)[C@@H](OC)[C@@H](C)[C@@H](C[C@H]1OC(=O)C=C[C@H]1CC)OC(=O)c1ccc2ccccc2n1. The van der Waals surface area contributed by atoms with Gasteiger partial charge in [-0.3, -0.25) is 0 Å². The van der Waals surface area contributed by atoms with Crippen molar-refractivity contribution < 1.29 is 23.8 Å². The molecule has 6 nitrogen and oxygen atoms in total. The average Bonchev–Trinajstić information content (AvgIpc) is 2.87. The van der Waals surface area contributed by atoms with Crippen LogP contribution in [-0.2, 0) is 19.0 Å². The van der Waals surface area contributed by atoms with E-state index in [0.717, 1.165) is 23.7 Å². The Morgan fingerprint density at radius 3 is 2.69 bits per heavy atom. The number of hydrogen-bond acceptors (Lipinski definition) is 6. The number of ether oxygens (including phenoxy) is 3. The molecule has 0 saturated carbocycles. The summed E-state index contributed by atoms with van der Waals surface area (Å²) in [6.07, 6.45) is 8.54. The Morgan fingerprint density at radius 2 is 1.97 bits per heavy atom. The number of hydrogen-bond donors (Lipinski definition) is 0. The van der Waals surface area contributed by atoms with E-state index in [2.05, 4.69) is 24.9 Å². The van der Waals surface area contributed by atoms with Crippen LogP contribution in [0.5, 0.6) is 0 Å². The number of cyclic esters (lactones) is 1. The van der Waals surface area contributed by atoms with Crippen molar-refractivity contribution in [3.63, 3.8) is 0 Å². The summed E-state index contributed by atoms with van der Waals surface area (Å²) >= 11 is 0. The molecule has 6 atom stereocenters. The number of benzene rings is 1. The van der Waals surface area contributed by atoms with Gasteiger partial charge in [0.1, 0.15) is 17.9 Å². The second kappa shape index (κ2) is 12.6. The van der Waals surface area contributed by atoms with Gasteiger partial charge in [0.2, 0.25) is 0 Å². The first-order valence-corrected chi connectivity index (χ1v) is 12.5. The molecule has 0 N–H and O–H groups in total. The molecule has 2 aromatic rings. The third kappa shape index (κ3) is 6.79. The summed E-state index contributed by atoms with van der Waals surface area (Å²) in [5, 5.41) is 0.956. The monoisotopic (exact) mass is 479 g/mol. The van der Waals surface area contributed by atoms with Crippen molar-refractivity contribution in [3.05, 3.63) is 66.4 Å². The third-order valence-electron chi connectivity index (χ3n) is 6.91. The lowest BCUT2D eigenvalue weighted by Crippen LogP contribution is -2.42. The van der Waals surface area contributed by atoms with E-state index in [-0.39, 0.29) is 41.6 Å². The molecule has 1 aliphatic rings. The molecular weight excluding hydrogens is 442 g/mol. The molecule has 188 valence electrons. The summed E-state index contributed by atoms with van der Waals surface area (Å²) in [5.74, 6) is -0.706. The highest BCUT2D eigenvalue weighted by molar-refractivity contribution is 5.91. The first-order valence-electron chi connectivity index (χ1n) is 12.5. The number of rotatable bonds is 11. The van der Waals surface area contributed by atoms with E-state index in [9.17, 15) is 9.59 Å². The fraction of sp³-hybridized carbons (Fsp3) is 0.483.